The van der Waals surface area contributed by atoms with Crippen LogP contribution in [0.25, 0.3) is 6.08 Å². The number of nitrogens with zero attached hydrogens (tertiary/aromatic N) is 1. The Balaban J connectivity index is 2.18. The van der Waals surface area contributed by atoms with Crippen molar-refractivity contribution in [3.05, 3.63) is 48.2 Å². The van der Waals surface area contributed by atoms with E-state index < -0.39 is 0 Å². The fourth-order valence-corrected chi connectivity index (χ4v) is 2.11. The molecule has 112 valence electrons. The number of pyridine rings is 1. The molecule has 1 atom stereocenters. The van der Waals surface area contributed by atoms with Gasteiger partial charge in [-0.1, -0.05) is 18.1 Å². The van der Waals surface area contributed by atoms with E-state index in [-0.39, 0.29) is 24.4 Å². The van der Waals surface area contributed by atoms with Crippen LogP contribution in [-0.4, -0.2) is 23.3 Å². The fraction of sp³-hybridized carbons (Fsp3) is 0.438. The van der Waals surface area contributed by atoms with Crippen molar-refractivity contribution in [1.29, 1.82) is 0 Å². The van der Waals surface area contributed by atoms with Crippen LogP contribution in [0.15, 0.2) is 37.0 Å². The Bertz CT molecular complexity index is 539. The van der Waals surface area contributed by atoms with E-state index in [1.54, 1.807) is 12.3 Å². The van der Waals surface area contributed by atoms with E-state index in [1.807, 2.05) is 51.9 Å². The van der Waals surface area contributed by atoms with Crippen molar-refractivity contribution in [1.82, 2.24) is 4.98 Å². The van der Waals surface area contributed by atoms with Crippen molar-refractivity contribution in [3.8, 4) is 0 Å². The van der Waals surface area contributed by atoms with E-state index in [2.05, 4.69) is 11.6 Å². The zero-order chi connectivity index (χ0) is 15.7. The first-order valence-corrected chi connectivity index (χ1v) is 7.14. The maximum absolute atomic E-state index is 6.01. The summed E-state index contributed by atoms with van der Waals surface area (Å²) in [6.45, 7) is 11.8. The van der Waals surface area contributed by atoms with Gasteiger partial charge >= 0.3 is 7.12 Å². The van der Waals surface area contributed by atoms with Crippen LogP contribution < -0.4 is 5.73 Å². The molecule has 0 spiro atoms. The van der Waals surface area contributed by atoms with Gasteiger partial charge in [0, 0.05) is 12.2 Å². The van der Waals surface area contributed by atoms with E-state index in [9.17, 15) is 0 Å². The summed E-state index contributed by atoms with van der Waals surface area (Å²) in [4.78, 5) is 4.36. The molecule has 0 amide bonds. The highest BCUT2D eigenvalue weighted by atomic mass is 16.7. The first-order valence-electron chi connectivity index (χ1n) is 7.14. The molecular weight excluding hydrogens is 263 g/mol. The zero-order valence-corrected chi connectivity index (χ0v) is 13.2. The SMILES string of the molecule is C=C[C@@H](N)c1cccnc1/C=C/B1OC(C)(C)C(C)(C)O1. The van der Waals surface area contributed by atoms with Gasteiger partial charge in [0.25, 0.3) is 0 Å². The summed E-state index contributed by atoms with van der Waals surface area (Å²) in [7, 11) is -0.384. The highest BCUT2D eigenvalue weighted by Gasteiger charge is 2.50. The summed E-state index contributed by atoms with van der Waals surface area (Å²) in [5.41, 5.74) is 7.06. The van der Waals surface area contributed by atoms with E-state index in [0.29, 0.717) is 0 Å². The molecule has 1 aromatic heterocycles. The van der Waals surface area contributed by atoms with Gasteiger partial charge < -0.3 is 15.0 Å². The van der Waals surface area contributed by atoms with Crippen molar-refractivity contribution in [3.63, 3.8) is 0 Å². The fourth-order valence-electron chi connectivity index (χ4n) is 2.11. The Morgan fingerprint density at radius 2 is 1.90 bits per heavy atom. The Morgan fingerprint density at radius 1 is 1.29 bits per heavy atom. The molecule has 0 aliphatic carbocycles. The molecule has 1 aliphatic heterocycles. The molecule has 4 nitrogen and oxygen atoms in total. The van der Waals surface area contributed by atoms with Gasteiger partial charge in [0.2, 0.25) is 0 Å². The average molecular weight is 286 g/mol. The lowest BCUT2D eigenvalue weighted by Crippen LogP contribution is -2.41. The maximum Gasteiger partial charge on any atom is 0.487 e. The summed E-state index contributed by atoms with van der Waals surface area (Å²) in [5.74, 6) is 1.87. The largest absolute Gasteiger partial charge is 0.487 e. The second-order valence-corrected chi connectivity index (χ2v) is 6.22. The molecule has 2 N–H and O–H groups in total. The Hall–Kier alpha value is -1.43. The summed E-state index contributed by atoms with van der Waals surface area (Å²) >= 11 is 0. The van der Waals surface area contributed by atoms with E-state index in [1.165, 1.54) is 0 Å². The normalized spacial score (nSPS) is 21.7. The number of hydrogen-bond acceptors (Lipinski definition) is 4. The zero-order valence-electron chi connectivity index (χ0n) is 13.2. The third-order valence-corrected chi connectivity index (χ3v) is 4.17. The van der Waals surface area contributed by atoms with E-state index in [4.69, 9.17) is 15.0 Å². The van der Waals surface area contributed by atoms with Gasteiger partial charge in [-0.05, 0) is 45.4 Å². The minimum absolute atomic E-state index is 0.239. The lowest BCUT2D eigenvalue weighted by molar-refractivity contribution is 0.00578. The topological polar surface area (TPSA) is 57.4 Å². The molecule has 0 bridgehead atoms. The second-order valence-electron chi connectivity index (χ2n) is 6.22. The van der Waals surface area contributed by atoms with Crippen LogP contribution in [-0.2, 0) is 9.31 Å². The smallest absolute Gasteiger partial charge is 0.400 e. The van der Waals surface area contributed by atoms with Crippen LogP contribution >= 0.6 is 0 Å². The van der Waals surface area contributed by atoms with Gasteiger partial charge in [0.1, 0.15) is 0 Å². The molecule has 0 unspecified atom stereocenters. The average Bonchev–Trinajstić information content (AvgIpc) is 2.64. The molecule has 1 aliphatic rings. The summed E-state index contributed by atoms with van der Waals surface area (Å²) in [6, 6.07) is 3.57. The molecule has 0 saturated carbocycles. The highest BCUT2D eigenvalue weighted by molar-refractivity contribution is 6.52. The molecule has 1 fully saturated rings. The van der Waals surface area contributed by atoms with Crippen molar-refractivity contribution in [2.45, 2.75) is 44.9 Å². The summed E-state index contributed by atoms with van der Waals surface area (Å²) < 4.78 is 11.8. The summed E-state index contributed by atoms with van der Waals surface area (Å²) in [6.07, 6.45) is 5.33. The molecule has 21 heavy (non-hydrogen) atoms. The van der Waals surface area contributed by atoms with Crippen LogP contribution in [0.1, 0.15) is 45.0 Å². The minimum atomic E-state index is -0.384. The lowest BCUT2D eigenvalue weighted by atomic mass is 9.89. The van der Waals surface area contributed by atoms with Crippen molar-refractivity contribution >= 4 is 13.2 Å². The molecule has 0 aromatic carbocycles. The Morgan fingerprint density at radius 3 is 2.48 bits per heavy atom. The van der Waals surface area contributed by atoms with Crippen LogP contribution in [0.4, 0.5) is 0 Å². The molecule has 1 saturated heterocycles. The predicted molar refractivity (Wildman–Crippen MR) is 86.5 cm³/mol. The van der Waals surface area contributed by atoms with Gasteiger partial charge in [-0.2, -0.15) is 0 Å². The number of nitrogens with two attached hydrogens (primary N) is 1. The lowest BCUT2D eigenvalue weighted by Gasteiger charge is -2.32. The first-order chi connectivity index (χ1) is 9.77. The second kappa shape index (κ2) is 5.75. The predicted octanol–water partition coefficient (Wildman–Crippen LogP) is 2.91. The number of rotatable bonds is 4. The van der Waals surface area contributed by atoms with Gasteiger partial charge in [-0.25, -0.2) is 0 Å². The molecular formula is C16H23BN2O2. The maximum atomic E-state index is 6.01. The first kappa shape index (κ1) is 16.0. The Labute approximate surface area is 127 Å². The van der Waals surface area contributed by atoms with E-state index >= 15 is 0 Å². The number of hydrogen-bond donors (Lipinski definition) is 1. The van der Waals surface area contributed by atoms with Crippen molar-refractivity contribution in [2.24, 2.45) is 5.73 Å². The van der Waals surface area contributed by atoms with Gasteiger partial charge in [-0.15, -0.1) is 6.58 Å². The minimum Gasteiger partial charge on any atom is -0.400 e. The van der Waals surface area contributed by atoms with Crippen molar-refractivity contribution < 1.29 is 9.31 Å². The van der Waals surface area contributed by atoms with E-state index in [0.717, 1.165) is 11.3 Å². The third-order valence-electron chi connectivity index (χ3n) is 4.17. The third kappa shape index (κ3) is 3.26. The van der Waals surface area contributed by atoms with Crippen LogP contribution in [0.5, 0.6) is 0 Å². The van der Waals surface area contributed by atoms with Crippen LogP contribution in [0.3, 0.4) is 0 Å². The van der Waals surface area contributed by atoms with Gasteiger partial charge in [-0.3, -0.25) is 4.98 Å². The summed E-state index contributed by atoms with van der Waals surface area (Å²) in [5, 5.41) is 0. The van der Waals surface area contributed by atoms with Crippen LogP contribution in [0.2, 0.25) is 0 Å². The quantitative estimate of drug-likeness (QED) is 0.683. The van der Waals surface area contributed by atoms with Crippen LogP contribution in [0, 0.1) is 0 Å². The molecule has 2 rings (SSSR count). The Kier molecular flexibility index (Phi) is 4.37. The molecule has 0 radical (unpaired) electrons. The van der Waals surface area contributed by atoms with Gasteiger partial charge in [0.05, 0.1) is 16.9 Å². The van der Waals surface area contributed by atoms with Gasteiger partial charge in [0.15, 0.2) is 0 Å². The van der Waals surface area contributed by atoms with Crippen molar-refractivity contribution in [2.75, 3.05) is 0 Å². The molecule has 5 heteroatoms. The standard InChI is InChI=1S/C16H23BN2O2/c1-6-13(18)12-8-7-11-19-14(12)9-10-17-20-15(2,3)16(4,5)21-17/h6-11,13H,1,18H2,2-5H3/b10-9+/t13-/m1/s1. The highest BCUT2D eigenvalue weighted by Crippen LogP contribution is 2.37. The number of aromatic nitrogens is 1. The monoisotopic (exact) mass is 286 g/mol. The molecule has 1 aromatic rings. The molecule has 2 heterocycles.